The van der Waals surface area contributed by atoms with Crippen molar-refractivity contribution in [3.8, 4) is 5.75 Å². The van der Waals surface area contributed by atoms with Gasteiger partial charge in [-0.1, -0.05) is 18.2 Å². The molecule has 0 bridgehead atoms. The normalized spacial score (nSPS) is 9.70. The van der Waals surface area contributed by atoms with Gasteiger partial charge in [0, 0.05) is 22.2 Å². The largest absolute Gasteiger partial charge is 0.497 e. The zero-order valence-corrected chi connectivity index (χ0v) is 18.0. The molecule has 0 saturated carbocycles. The molecule has 0 saturated heterocycles. The third-order valence-corrected chi connectivity index (χ3v) is 3.37. The van der Waals surface area contributed by atoms with Gasteiger partial charge in [-0.05, 0) is 62.7 Å². The first-order valence-electron chi connectivity index (χ1n) is 7.65. The van der Waals surface area contributed by atoms with Crippen LogP contribution in [0.25, 0.3) is 0 Å². The van der Waals surface area contributed by atoms with Crippen molar-refractivity contribution < 1.29 is 14.3 Å². The van der Waals surface area contributed by atoms with Gasteiger partial charge in [0.15, 0.2) is 5.78 Å². The van der Waals surface area contributed by atoms with Gasteiger partial charge in [0.25, 0.3) is 5.24 Å². The van der Waals surface area contributed by atoms with Crippen LogP contribution < -0.4 is 16.0 Å². The summed E-state index contributed by atoms with van der Waals surface area (Å²) in [5, 5.41) is -0.641. The molecule has 27 heavy (non-hydrogen) atoms. The van der Waals surface area contributed by atoms with Gasteiger partial charge in [0.1, 0.15) is 5.75 Å². The van der Waals surface area contributed by atoms with E-state index >= 15 is 0 Å². The maximum Gasteiger partial charge on any atom is 0.253 e. The maximum absolute atomic E-state index is 12.3. The molecule has 0 spiro atoms. The Morgan fingerprint density at radius 1 is 0.963 bits per heavy atom. The third kappa shape index (κ3) is 9.22. The van der Waals surface area contributed by atoms with Crippen molar-refractivity contribution in [2.24, 2.45) is 5.84 Å². The van der Waals surface area contributed by atoms with Gasteiger partial charge < -0.3 is 4.74 Å². The number of carbonyl (C=O) groups is 2. The second-order valence-electron chi connectivity index (χ2n) is 6.27. The van der Waals surface area contributed by atoms with E-state index < -0.39 is 5.24 Å². The number of halogens is 3. The monoisotopic (exact) mass is 434 g/mol. The van der Waals surface area contributed by atoms with Crippen LogP contribution in [0.4, 0.5) is 0 Å². The first kappa shape index (κ1) is 27.6. The molecular weight excluding hydrogens is 411 g/mol. The highest BCUT2D eigenvalue weighted by molar-refractivity contribution is 6.68. The van der Waals surface area contributed by atoms with Crippen molar-refractivity contribution in [1.82, 2.24) is 5.43 Å². The van der Waals surface area contributed by atoms with Crippen LogP contribution in [0.3, 0.4) is 0 Å². The summed E-state index contributed by atoms with van der Waals surface area (Å²) >= 11 is 5.48. The standard InChI is InChI=1S/C15H11ClO3.C4H12N2.2ClH/c1-19-11-8-6-10(7-9-11)14(17)12-4-2-3-5-13(12)15(16)18;1-4(2,3)6-5;;/h2-9H,1H3;6H,5H2,1-3H3;2*1H. The predicted molar refractivity (Wildman–Crippen MR) is 115 cm³/mol. The minimum Gasteiger partial charge on any atom is -0.497 e. The molecule has 5 nitrogen and oxygen atoms in total. The van der Waals surface area contributed by atoms with E-state index in [1.165, 1.54) is 6.07 Å². The van der Waals surface area contributed by atoms with Gasteiger partial charge in [-0.15, -0.1) is 24.8 Å². The Morgan fingerprint density at radius 3 is 1.78 bits per heavy atom. The fourth-order valence-corrected chi connectivity index (χ4v) is 1.92. The average molecular weight is 436 g/mol. The van der Waals surface area contributed by atoms with E-state index in [0.29, 0.717) is 16.9 Å². The van der Waals surface area contributed by atoms with Crippen LogP contribution in [0.5, 0.6) is 5.75 Å². The molecule has 3 N–H and O–H groups in total. The van der Waals surface area contributed by atoms with Gasteiger partial charge in [-0.25, -0.2) is 0 Å². The van der Waals surface area contributed by atoms with Crippen molar-refractivity contribution in [3.63, 3.8) is 0 Å². The molecule has 0 radical (unpaired) electrons. The highest BCUT2D eigenvalue weighted by Crippen LogP contribution is 2.18. The summed E-state index contributed by atoms with van der Waals surface area (Å²) in [5.74, 6) is 5.48. The SMILES string of the molecule is CC(C)(C)NN.COc1ccc(C(=O)c2ccccc2C(=O)Cl)cc1.Cl.Cl. The molecule has 2 rings (SSSR count). The molecule has 2 aromatic rings. The molecule has 0 aliphatic rings. The molecule has 0 fully saturated rings. The number of ketones is 1. The van der Waals surface area contributed by atoms with Crippen LogP contribution in [0, 0.1) is 0 Å². The summed E-state index contributed by atoms with van der Waals surface area (Å²) in [6, 6.07) is 13.2. The lowest BCUT2D eigenvalue weighted by Crippen LogP contribution is -2.41. The lowest BCUT2D eigenvalue weighted by molar-refractivity contribution is 0.102. The minimum atomic E-state index is -0.641. The summed E-state index contributed by atoms with van der Waals surface area (Å²) in [7, 11) is 1.55. The van der Waals surface area contributed by atoms with E-state index in [9.17, 15) is 9.59 Å². The van der Waals surface area contributed by atoms with E-state index in [2.05, 4.69) is 5.43 Å². The summed E-state index contributed by atoms with van der Waals surface area (Å²) < 4.78 is 5.03. The summed E-state index contributed by atoms with van der Waals surface area (Å²) in [6.45, 7) is 6.02. The van der Waals surface area contributed by atoms with Gasteiger partial charge in [-0.2, -0.15) is 0 Å². The number of nitrogens with two attached hydrogens (primary N) is 1. The summed E-state index contributed by atoms with van der Waals surface area (Å²) in [6.07, 6.45) is 0. The first-order chi connectivity index (χ1) is 11.7. The molecule has 0 unspecified atom stereocenters. The first-order valence-corrected chi connectivity index (χ1v) is 8.02. The predicted octanol–water partition coefficient (Wildman–Crippen LogP) is 4.40. The smallest absolute Gasteiger partial charge is 0.253 e. The van der Waals surface area contributed by atoms with Crippen LogP contribution >= 0.6 is 36.4 Å². The van der Waals surface area contributed by atoms with Crippen LogP contribution in [-0.2, 0) is 0 Å². The zero-order valence-electron chi connectivity index (χ0n) is 15.6. The number of carbonyl (C=O) groups excluding carboxylic acids is 2. The highest BCUT2D eigenvalue weighted by atomic mass is 35.5. The maximum atomic E-state index is 12.3. The second-order valence-corrected chi connectivity index (χ2v) is 6.61. The number of nitrogens with one attached hydrogen (secondary N) is 1. The number of hydrogen-bond donors (Lipinski definition) is 2. The second kappa shape index (κ2) is 12.7. The molecule has 0 heterocycles. The molecule has 0 amide bonds. The number of rotatable bonds is 4. The Labute approximate surface area is 177 Å². The number of benzene rings is 2. The summed E-state index contributed by atoms with van der Waals surface area (Å²) in [4.78, 5) is 23.6. The van der Waals surface area contributed by atoms with Crippen molar-refractivity contribution in [2.45, 2.75) is 26.3 Å². The van der Waals surface area contributed by atoms with E-state index in [4.69, 9.17) is 22.2 Å². The lowest BCUT2D eigenvalue weighted by Gasteiger charge is -2.14. The quantitative estimate of drug-likeness (QED) is 0.322. The van der Waals surface area contributed by atoms with Crippen molar-refractivity contribution in [1.29, 1.82) is 0 Å². The molecule has 0 aliphatic carbocycles. The fourth-order valence-electron chi connectivity index (χ4n) is 1.75. The Hall–Kier alpha value is -1.63. The fraction of sp³-hybridized carbons (Fsp3) is 0.263. The number of ether oxygens (including phenoxy) is 1. The van der Waals surface area contributed by atoms with Crippen LogP contribution in [0.2, 0.25) is 0 Å². The highest BCUT2D eigenvalue weighted by Gasteiger charge is 2.16. The van der Waals surface area contributed by atoms with Crippen molar-refractivity contribution in [2.75, 3.05) is 7.11 Å². The Kier molecular flexibility index (Phi) is 13.0. The van der Waals surface area contributed by atoms with E-state index in [1.807, 2.05) is 20.8 Å². The Balaban J connectivity index is 0. The number of hydrogen-bond acceptors (Lipinski definition) is 5. The molecular formula is C19H25Cl3N2O3. The topological polar surface area (TPSA) is 81.4 Å². The third-order valence-electron chi connectivity index (χ3n) is 3.17. The molecule has 0 aromatic heterocycles. The van der Waals surface area contributed by atoms with Gasteiger partial charge in [0.2, 0.25) is 0 Å². The van der Waals surface area contributed by atoms with E-state index in [-0.39, 0.29) is 41.7 Å². The van der Waals surface area contributed by atoms with Crippen LogP contribution in [-0.4, -0.2) is 23.7 Å². The molecule has 0 atom stereocenters. The van der Waals surface area contributed by atoms with Gasteiger partial charge >= 0.3 is 0 Å². The minimum absolute atomic E-state index is 0. The number of methoxy groups -OCH3 is 1. The molecule has 2 aromatic carbocycles. The van der Waals surface area contributed by atoms with Crippen molar-refractivity contribution >= 4 is 47.4 Å². The molecule has 8 heteroatoms. The zero-order chi connectivity index (χ0) is 19.0. The molecule has 150 valence electrons. The Morgan fingerprint density at radius 2 is 1.41 bits per heavy atom. The van der Waals surface area contributed by atoms with Crippen LogP contribution in [0.15, 0.2) is 48.5 Å². The van der Waals surface area contributed by atoms with Gasteiger partial charge in [0.05, 0.1) is 7.11 Å². The van der Waals surface area contributed by atoms with Crippen LogP contribution in [0.1, 0.15) is 47.1 Å². The van der Waals surface area contributed by atoms with Gasteiger partial charge in [-0.3, -0.25) is 20.9 Å². The Bertz CT molecular complexity index is 730. The van der Waals surface area contributed by atoms with Crippen molar-refractivity contribution in [3.05, 3.63) is 65.2 Å². The summed E-state index contributed by atoms with van der Waals surface area (Å²) in [5.41, 5.74) is 3.66. The van der Waals surface area contributed by atoms with E-state index in [0.717, 1.165) is 0 Å². The van der Waals surface area contributed by atoms with E-state index in [1.54, 1.807) is 49.6 Å². The average Bonchev–Trinajstić information content (AvgIpc) is 2.61. The molecule has 0 aliphatic heterocycles. The lowest BCUT2D eigenvalue weighted by atomic mass is 9.99. The number of hydrazine groups is 1.